The number of benzene rings is 1. The lowest BCUT2D eigenvalue weighted by Crippen LogP contribution is -2.39. The molecule has 1 saturated heterocycles. The summed E-state index contributed by atoms with van der Waals surface area (Å²) < 4.78 is 12.5. The minimum absolute atomic E-state index is 0.0150. The lowest BCUT2D eigenvalue weighted by Gasteiger charge is -2.25. The van der Waals surface area contributed by atoms with Gasteiger partial charge in [0, 0.05) is 29.7 Å². The number of carboxylic acid groups (broad SMARTS) is 1. The van der Waals surface area contributed by atoms with Gasteiger partial charge in [0.15, 0.2) is 0 Å². The third-order valence-corrected chi connectivity index (χ3v) is 5.47. The number of carboxylic acids is 1. The van der Waals surface area contributed by atoms with Crippen LogP contribution >= 0.6 is 0 Å². The highest BCUT2D eigenvalue weighted by Crippen LogP contribution is 2.22. The van der Waals surface area contributed by atoms with Gasteiger partial charge in [-0.25, -0.2) is 4.79 Å². The molecule has 0 bridgehead atoms. The summed E-state index contributed by atoms with van der Waals surface area (Å²) in [6, 6.07) is 6.13. The van der Waals surface area contributed by atoms with Crippen molar-refractivity contribution < 1.29 is 18.9 Å². The molecule has 126 valence electrons. The number of aromatic carboxylic acids is 1. The molecule has 1 aliphatic heterocycles. The van der Waals surface area contributed by atoms with Gasteiger partial charge in [0.05, 0.1) is 16.4 Å². The Bertz CT molecular complexity index is 597. The summed E-state index contributed by atoms with van der Waals surface area (Å²) in [5, 5.41) is 8.89. The Hall–Kier alpha value is -1.69. The van der Waals surface area contributed by atoms with E-state index in [0.29, 0.717) is 23.0 Å². The Balaban J connectivity index is 2.01. The van der Waals surface area contributed by atoms with Crippen molar-refractivity contribution in [1.29, 1.82) is 0 Å². The molecule has 1 heterocycles. The largest absolute Gasteiger partial charge is 0.478 e. The van der Waals surface area contributed by atoms with Gasteiger partial charge in [0.25, 0.3) is 0 Å². The molecule has 0 radical (unpaired) electrons. The van der Waals surface area contributed by atoms with Crippen molar-refractivity contribution in [2.45, 2.75) is 44.0 Å². The second-order valence-corrected chi connectivity index (χ2v) is 7.82. The summed E-state index contributed by atoms with van der Waals surface area (Å²) >= 11 is 0. The second kappa shape index (κ2) is 7.73. The molecule has 1 amide bonds. The van der Waals surface area contributed by atoms with Crippen molar-refractivity contribution in [1.82, 2.24) is 4.90 Å². The molecule has 0 aromatic heterocycles. The number of nitrogens with zero attached hydrogens (tertiary/aromatic N) is 1. The predicted octanol–water partition coefficient (Wildman–Crippen LogP) is 2.53. The van der Waals surface area contributed by atoms with Crippen LogP contribution in [0.4, 0.5) is 0 Å². The van der Waals surface area contributed by atoms with E-state index < -0.39 is 16.8 Å². The third-order valence-electron chi connectivity index (χ3n) is 3.99. The van der Waals surface area contributed by atoms with Crippen molar-refractivity contribution in [2.75, 3.05) is 12.3 Å². The number of likely N-dealkylation sites (tertiary alicyclic amines) is 1. The van der Waals surface area contributed by atoms with Gasteiger partial charge in [-0.3, -0.25) is 9.00 Å². The summed E-state index contributed by atoms with van der Waals surface area (Å²) in [6.07, 6.45) is 2.35. The fraction of sp³-hybridized carbons (Fsp3) is 0.529. The highest BCUT2D eigenvalue weighted by molar-refractivity contribution is 7.85. The van der Waals surface area contributed by atoms with Gasteiger partial charge >= 0.3 is 5.97 Å². The number of carbonyl (C=O) groups is 2. The molecule has 1 fully saturated rings. The lowest BCUT2D eigenvalue weighted by atomic mass is 10.1. The van der Waals surface area contributed by atoms with E-state index in [1.165, 1.54) is 12.1 Å². The van der Waals surface area contributed by atoms with Crippen molar-refractivity contribution in [3.8, 4) is 0 Å². The maximum absolute atomic E-state index is 12.5. The molecule has 1 N–H and O–H groups in total. The van der Waals surface area contributed by atoms with Crippen molar-refractivity contribution >= 4 is 22.7 Å². The maximum atomic E-state index is 12.5. The van der Waals surface area contributed by atoms with Gasteiger partial charge in [-0.1, -0.05) is 13.8 Å². The molecular weight excluding hydrogens is 314 g/mol. The van der Waals surface area contributed by atoms with Crippen LogP contribution < -0.4 is 0 Å². The number of rotatable bonds is 6. The van der Waals surface area contributed by atoms with Gasteiger partial charge in [0.2, 0.25) is 5.91 Å². The average molecular weight is 337 g/mol. The van der Waals surface area contributed by atoms with E-state index in [9.17, 15) is 13.8 Å². The third kappa shape index (κ3) is 4.64. The molecule has 2 atom stereocenters. The molecule has 23 heavy (non-hydrogen) atoms. The molecule has 1 aromatic carbocycles. The molecule has 1 aliphatic rings. The van der Waals surface area contributed by atoms with E-state index in [1.807, 2.05) is 18.7 Å². The average Bonchev–Trinajstić information content (AvgIpc) is 2.94. The minimum Gasteiger partial charge on any atom is -0.478 e. The van der Waals surface area contributed by atoms with E-state index in [4.69, 9.17) is 5.11 Å². The van der Waals surface area contributed by atoms with Crippen LogP contribution in [0.2, 0.25) is 0 Å². The van der Waals surface area contributed by atoms with Gasteiger partial charge in [-0.05, 0) is 43.0 Å². The van der Waals surface area contributed by atoms with Gasteiger partial charge < -0.3 is 10.0 Å². The van der Waals surface area contributed by atoms with Gasteiger partial charge in [-0.2, -0.15) is 0 Å². The number of carbonyl (C=O) groups excluding carboxylic acids is 1. The van der Waals surface area contributed by atoms with E-state index in [0.717, 1.165) is 19.4 Å². The summed E-state index contributed by atoms with van der Waals surface area (Å²) in [5.74, 6) is -0.127. The van der Waals surface area contributed by atoms with Gasteiger partial charge in [-0.15, -0.1) is 0 Å². The van der Waals surface area contributed by atoms with E-state index in [1.54, 1.807) is 12.1 Å². The fourth-order valence-corrected chi connectivity index (χ4v) is 4.15. The molecule has 1 aromatic rings. The van der Waals surface area contributed by atoms with Crippen LogP contribution in [0.1, 0.15) is 43.5 Å². The first-order valence-electron chi connectivity index (χ1n) is 7.89. The number of amides is 1. The standard InChI is InChI=1S/C17H23NO4S/c1-12(2)10-16(19)18-9-3-4-14(18)11-23(22)15-7-5-13(6-8-15)17(20)21/h5-8,12,14H,3-4,9-11H2,1-2H3,(H,20,21). The molecule has 0 saturated carbocycles. The first-order valence-corrected chi connectivity index (χ1v) is 9.21. The van der Waals surface area contributed by atoms with E-state index >= 15 is 0 Å². The smallest absolute Gasteiger partial charge is 0.335 e. The fourth-order valence-electron chi connectivity index (χ4n) is 2.82. The first-order chi connectivity index (χ1) is 10.9. The Morgan fingerprint density at radius 3 is 2.52 bits per heavy atom. The van der Waals surface area contributed by atoms with Crippen molar-refractivity contribution in [3.63, 3.8) is 0 Å². The Labute approximate surface area is 139 Å². The van der Waals surface area contributed by atoms with Crippen LogP contribution in [0.3, 0.4) is 0 Å². The van der Waals surface area contributed by atoms with Crippen LogP contribution in [-0.2, 0) is 15.6 Å². The molecule has 2 rings (SSSR count). The van der Waals surface area contributed by atoms with E-state index in [2.05, 4.69) is 0 Å². The summed E-state index contributed by atoms with van der Waals surface area (Å²) in [4.78, 5) is 25.6. The lowest BCUT2D eigenvalue weighted by molar-refractivity contribution is -0.132. The van der Waals surface area contributed by atoms with Crippen LogP contribution in [0.15, 0.2) is 29.2 Å². The summed E-state index contributed by atoms with van der Waals surface area (Å²) in [7, 11) is -1.23. The Kier molecular flexibility index (Phi) is 5.93. The predicted molar refractivity (Wildman–Crippen MR) is 88.9 cm³/mol. The normalized spacial score (nSPS) is 19.1. The summed E-state index contributed by atoms with van der Waals surface area (Å²) in [5.41, 5.74) is 0.181. The molecule has 0 aliphatic carbocycles. The van der Waals surface area contributed by atoms with Crippen molar-refractivity contribution in [3.05, 3.63) is 29.8 Å². The van der Waals surface area contributed by atoms with Crippen LogP contribution in [-0.4, -0.2) is 44.4 Å². The van der Waals surface area contributed by atoms with Crippen molar-refractivity contribution in [2.24, 2.45) is 5.92 Å². The molecule has 6 heteroatoms. The van der Waals surface area contributed by atoms with E-state index in [-0.39, 0.29) is 17.5 Å². The molecule has 0 spiro atoms. The summed E-state index contributed by atoms with van der Waals surface area (Å²) in [6.45, 7) is 4.78. The van der Waals surface area contributed by atoms with Crippen LogP contribution in [0.5, 0.6) is 0 Å². The quantitative estimate of drug-likeness (QED) is 0.865. The number of hydrogen-bond acceptors (Lipinski definition) is 3. The highest BCUT2D eigenvalue weighted by atomic mass is 32.2. The zero-order valence-electron chi connectivity index (χ0n) is 13.5. The van der Waals surface area contributed by atoms with Gasteiger partial charge in [0.1, 0.15) is 0 Å². The topological polar surface area (TPSA) is 74.7 Å². The van der Waals surface area contributed by atoms with Crippen LogP contribution in [0.25, 0.3) is 0 Å². The first kappa shape index (κ1) is 17.7. The Morgan fingerprint density at radius 2 is 1.96 bits per heavy atom. The molecule has 2 unspecified atom stereocenters. The zero-order valence-corrected chi connectivity index (χ0v) is 14.3. The monoisotopic (exact) mass is 337 g/mol. The highest BCUT2D eigenvalue weighted by Gasteiger charge is 2.30. The zero-order chi connectivity index (χ0) is 17.0. The SMILES string of the molecule is CC(C)CC(=O)N1CCCC1CS(=O)c1ccc(C(=O)O)cc1. The minimum atomic E-state index is -1.23. The number of hydrogen-bond donors (Lipinski definition) is 1. The second-order valence-electron chi connectivity index (χ2n) is 6.32. The van der Waals surface area contributed by atoms with Crippen LogP contribution in [0, 0.1) is 5.92 Å². The maximum Gasteiger partial charge on any atom is 0.335 e. The molecule has 5 nitrogen and oxygen atoms in total. The Morgan fingerprint density at radius 1 is 1.30 bits per heavy atom. The molecular formula is C17H23NO4S.